The lowest BCUT2D eigenvalue weighted by Crippen LogP contribution is -2.45. The monoisotopic (exact) mass is 512 g/mol. The quantitative estimate of drug-likeness (QED) is 0.347. The molecule has 1 aromatic carbocycles. The Labute approximate surface area is 197 Å². The van der Waals surface area contributed by atoms with Crippen LogP contribution in [0.4, 0.5) is 17.6 Å². The first-order valence-corrected chi connectivity index (χ1v) is 11.8. The second-order valence-corrected chi connectivity index (χ2v) is 9.25. The van der Waals surface area contributed by atoms with Gasteiger partial charge in [-0.2, -0.15) is 24.9 Å². The van der Waals surface area contributed by atoms with Crippen molar-refractivity contribution in [1.29, 1.82) is 0 Å². The van der Waals surface area contributed by atoms with Gasteiger partial charge in [0, 0.05) is 25.2 Å². The molecule has 0 aliphatic carbocycles. The third-order valence-electron chi connectivity index (χ3n) is 5.70. The van der Waals surface area contributed by atoms with Crippen LogP contribution in [0.5, 0.6) is 0 Å². The molecule has 3 rings (SSSR count). The summed E-state index contributed by atoms with van der Waals surface area (Å²) in [7, 11) is 0. The van der Waals surface area contributed by atoms with Crippen molar-refractivity contribution in [2.24, 2.45) is 0 Å². The number of nitrogens with zero attached hydrogens (tertiary/aromatic N) is 1. The standard InChI is InChI=1S/C17H22F4N2S.C4H6O6/c18-13-2-1-12(16(9-13)17(19,20)21)11-23(15-3-6-22-10-15)14-4-7-24-8-5-14;5-1(3(7)8)2(6)4(9)10/h1-2,9,14-15,22H,3-8,10-11H2;1-2,5-6H,(H,7,8)(H,9,10)/t15-;/m0./s1. The maximum Gasteiger partial charge on any atom is 0.416 e. The molecule has 0 spiro atoms. The van der Waals surface area contributed by atoms with Gasteiger partial charge in [-0.25, -0.2) is 14.0 Å². The summed E-state index contributed by atoms with van der Waals surface area (Å²) in [6.07, 6.45) is -6.10. The molecule has 0 aromatic heterocycles. The highest BCUT2D eigenvalue weighted by Gasteiger charge is 2.36. The molecule has 1 aromatic rings. The van der Waals surface area contributed by atoms with E-state index in [4.69, 9.17) is 20.4 Å². The Hall–Kier alpha value is -1.93. The number of halogens is 4. The van der Waals surface area contributed by atoms with Gasteiger partial charge in [0.15, 0.2) is 12.2 Å². The lowest BCUT2D eigenvalue weighted by molar-refractivity contribution is -0.165. The highest BCUT2D eigenvalue weighted by Crippen LogP contribution is 2.35. The molecule has 13 heteroatoms. The van der Waals surface area contributed by atoms with Crippen molar-refractivity contribution < 1.29 is 47.6 Å². The maximum atomic E-state index is 13.3. The molecular formula is C21H28F4N2O6S. The number of alkyl halides is 3. The summed E-state index contributed by atoms with van der Waals surface area (Å²) in [5, 5.41) is 35.8. The molecule has 2 heterocycles. The molecule has 5 N–H and O–H groups in total. The molecule has 0 saturated carbocycles. The molecule has 3 atom stereocenters. The van der Waals surface area contributed by atoms with E-state index < -0.39 is 41.7 Å². The molecule has 2 aliphatic heterocycles. The minimum absolute atomic E-state index is 0.175. The number of carbonyl (C=O) groups is 2. The van der Waals surface area contributed by atoms with E-state index in [-0.39, 0.29) is 18.2 Å². The molecule has 8 nitrogen and oxygen atoms in total. The summed E-state index contributed by atoms with van der Waals surface area (Å²) in [6, 6.07) is 3.61. The number of nitrogens with one attached hydrogen (secondary N) is 1. The fraction of sp³-hybridized carbons (Fsp3) is 0.619. The Kier molecular flexibility index (Phi) is 10.6. The van der Waals surface area contributed by atoms with E-state index in [1.165, 1.54) is 6.07 Å². The van der Waals surface area contributed by atoms with Gasteiger partial charge < -0.3 is 25.7 Å². The van der Waals surface area contributed by atoms with Crippen molar-refractivity contribution in [2.75, 3.05) is 24.6 Å². The predicted molar refractivity (Wildman–Crippen MR) is 116 cm³/mol. The van der Waals surface area contributed by atoms with Crippen molar-refractivity contribution in [3.63, 3.8) is 0 Å². The van der Waals surface area contributed by atoms with Crippen LogP contribution in [0.3, 0.4) is 0 Å². The van der Waals surface area contributed by atoms with Gasteiger partial charge in [0.1, 0.15) is 5.82 Å². The number of hydrogen-bond donors (Lipinski definition) is 5. The third kappa shape index (κ3) is 8.08. The Morgan fingerprint density at radius 3 is 2.12 bits per heavy atom. The first-order chi connectivity index (χ1) is 15.9. The molecule has 2 fully saturated rings. The van der Waals surface area contributed by atoms with Gasteiger partial charge >= 0.3 is 18.1 Å². The van der Waals surface area contributed by atoms with Gasteiger partial charge in [-0.15, -0.1) is 0 Å². The van der Waals surface area contributed by atoms with Crippen LogP contribution in [0.1, 0.15) is 30.4 Å². The van der Waals surface area contributed by atoms with E-state index in [1.807, 2.05) is 11.8 Å². The average Bonchev–Trinajstić information content (AvgIpc) is 3.32. The van der Waals surface area contributed by atoms with Gasteiger partial charge in [-0.3, -0.25) is 4.90 Å². The lowest BCUT2D eigenvalue weighted by Gasteiger charge is -2.38. The molecule has 0 bridgehead atoms. The van der Waals surface area contributed by atoms with Crippen molar-refractivity contribution in [3.05, 3.63) is 35.1 Å². The Bertz CT molecular complexity index is 814. The van der Waals surface area contributed by atoms with Crippen molar-refractivity contribution in [1.82, 2.24) is 10.2 Å². The first kappa shape index (κ1) is 28.3. The van der Waals surface area contributed by atoms with Gasteiger partial charge in [-0.1, -0.05) is 6.07 Å². The number of thioether (sulfide) groups is 1. The summed E-state index contributed by atoms with van der Waals surface area (Å²) in [5.41, 5.74) is -0.669. The second-order valence-electron chi connectivity index (χ2n) is 8.03. The SMILES string of the molecule is Fc1ccc(CN(C2CCSCC2)[C@H]2CCNC2)c(C(F)(F)F)c1.O=C(O)C(O)C(O)C(=O)O. The van der Waals surface area contributed by atoms with E-state index in [1.54, 1.807) is 0 Å². The summed E-state index contributed by atoms with van der Waals surface area (Å²) in [5.74, 6) is -2.27. The van der Waals surface area contributed by atoms with Crippen LogP contribution in [-0.4, -0.2) is 86.2 Å². The second kappa shape index (κ2) is 12.7. The highest BCUT2D eigenvalue weighted by molar-refractivity contribution is 7.99. The zero-order valence-electron chi connectivity index (χ0n) is 18.2. The van der Waals surface area contributed by atoms with Crippen molar-refractivity contribution in [3.8, 4) is 0 Å². The van der Waals surface area contributed by atoms with E-state index in [0.29, 0.717) is 12.1 Å². The van der Waals surface area contributed by atoms with Crippen LogP contribution < -0.4 is 5.32 Å². The van der Waals surface area contributed by atoms with Crippen LogP contribution in [-0.2, 0) is 22.3 Å². The van der Waals surface area contributed by atoms with Gasteiger partial charge in [-0.05, 0) is 55.0 Å². The van der Waals surface area contributed by atoms with Crippen molar-refractivity contribution >= 4 is 23.7 Å². The molecule has 0 radical (unpaired) electrons. The van der Waals surface area contributed by atoms with Gasteiger partial charge in [0.25, 0.3) is 0 Å². The predicted octanol–water partition coefficient (Wildman–Crippen LogP) is 1.78. The summed E-state index contributed by atoms with van der Waals surface area (Å²) in [6.45, 7) is 1.95. The normalized spacial score (nSPS) is 21.0. The number of carboxylic acid groups (broad SMARTS) is 2. The van der Waals surface area contributed by atoms with E-state index in [9.17, 15) is 27.2 Å². The highest BCUT2D eigenvalue weighted by atomic mass is 32.2. The summed E-state index contributed by atoms with van der Waals surface area (Å²) in [4.78, 5) is 21.8. The molecule has 0 amide bonds. The van der Waals surface area contributed by atoms with Gasteiger partial charge in [0.05, 0.1) is 5.56 Å². The average molecular weight is 513 g/mol. The number of carboxylic acids is 2. The summed E-state index contributed by atoms with van der Waals surface area (Å²) >= 11 is 1.90. The van der Waals surface area contributed by atoms with Crippen LogP contribution in [0.15, 0.2) is 18.2 Å². The zero-order chi connectivity index (χ0) is 25.5. The Morgan fingerprint density at radius 1 is 1.06 bits per heavy atom. The third-order valence-corrected chi connectivity index (χ3v) is 6.75. The van der Waals surface area contributed by atoms with Crippen LogP contribution in [0.2, 0.25) is 0 Å². The molecule has 2 saturated heterocycles. The van der Waals surface area contributed by atoms with Crippen molar-refractivity contribution in [2.45, 2.75) is 56.3 Å². The smallest absolute Gasteiger partial charge is 0.416 e. The number of hydrogen-bond acceptors (Lipinski definition) is 7. The Balaban J connectivity index is 0.000000347. The van der Waals surface area contributed by atoms with Crippen LogP contribution in [0.25, 0.3) is 0 Å². The van der Waals surface area contributed by atoms with Crippen LogP contribution in [0, 0.1) is 5.82 Å². The Morgan fingerprint density at radius 2 is 1.65 bits per heavy atom. The molecule has 2 aliphatic rings. The number of benzene rings is 1. The number of aliphatic carboxylic acids is 2. The minimum atomic E-state index is -4.53. The fourth-order valence-corrected chi connectivity index (χ4v) is 4.99. The lowest BCUT2D eigenvalue weighted by atomic mass is 10.0. The largest absolute Gasteiger partial charge is 0.479 e. The molecule has 2 unspecified atom stereocenters. The van der Waals surface area contributed by atoms with E-state index in [2.05, 4.69) is 10.2 Å². The number of rotatable bonds is 7. The minimum Gasteiger partial charge on any atom is -0.479 e. The molecule has 192 valence electrons. The van der Waals surface area contributed by atoms with Gasteiger partial charge in [0.2, 0.25) is 0 Å². The van der Waals surface area contributed by atoms with E-state index in [0.717, 1.165) is 49.9 Å². The maximum absolute atomic E-state index is 13.3. The van der Waals surface area contributed by atoms with E-state index >= 15 is 0 Å². The number of aliphatic hydroxyl groups excluding tert-OH is 2. The number of aliphatic hydroxyl groups is 2. The first-order valence-electron chi connectivity index (χ1n) is 10.6. The molecular weight excluding hydrogens is 484 g/mol. The fourth-order valence-electron chi connectivity index (χ4n) is 3.91. The van der Waals surface area contributed by atoms with Crippen LogP contribution >= 0.6 is 11.8 Å². The topological polar surface area (TPSA) is 130 Å². The summed E-state index contributed by atoms with van der Waals surface area (Å²) < 4.78 is 53.2. The zero-order valence-corrected chi connectivity index (χ0v) is 19.0. The molecule has 34 heavy (non-hydrogen) atoms.